The van der Waals surface area contributed by atoms with Crippen molar-refractivity contribution >= 4 is 0 Å². The van der Waals surface area contributed by atoms with Gasteiger partial charge in [-0.2, -0.15) is 0 Å². The van der Waals surface area contributed by atoms with Gasteiger partial charge in [-0.25, -0.2) is 0 Å². The molecule has 1 aliphatic heterocycles. The number of aliphatic hydroxyl groups is 1. The van der Waals surface area contributed by atoms with Gasteiger partial charge >= 0.3 is 0 Å². The number of aliphatic hydroxyl groups excluding tert-OH is 1. The van der Waals surface area contributed by atoms with Gasteiger partial charge in [-0.15, -0.1) is 0 Å². The molecule has 0 aromatic heterocycles. The maximum absolute atomic E-state index is 8.58. The Morgan fingerprint density at radius 3 is 2.90 bits per heavy atom. The predicted octanol–water partition coefficient (Wildman–Crippen LogP) is 0.711. The highest BCUT2D eigenvalue weighted by Gasteiger charge is 2.17. The monoisotopic (exact) mass is 143 g/mol. The lowest BCUT2D eigenvalue weighted by Gasteiger charge is -2.08. The van der Waals surface area contributed by atoms with Crippen molar-refractivity contribution in [3.05, 3.63) is 0 Å². The van der Waals surface area contributed by atoms with Gasteiger partial charge in [-0.1, -0.05) is 0 Å². The molecule has 0 aliphatic carbocycles. The molecule has 0 radical (unpaired) electrons. The smallest absolute Gasteiger partial charge is 0.0431 e. The lowest BCUT2D eigenvalue weighted by Crippen LogP contribution is -2.14. The van der Waals surface area contributed by atoms with Crippen LogP contribution in [0.15, 0.2) is 0 Å². The average molecular weight is 143 g/mol. The molecule has 2 heteroatoms. The molecular formula is C8H17NO. The van der Waals surface area contributed by atoms with E-state index >= 15 is 0 Å². The van der Waals surface area contributed by atoms with Crippen LogP contribution in [-0.2, 0) is 0 Å². The largest absolute Gasteiger partial charge is 0.396 e. The maximum atomic E-state index is 8.58. The van der Waals surface area contributed by atoms with E-state index < -0.39 is 0 Å². The molecule has 0 bridgehead atoms. The van der Waals surface area contributed by atoms with Crippen LogP contribution in [0.1, 0.15) is 19.3 Å². The van der Waals surface area contributed by atoms with Crippen molar-refractivity contribution in [2.24, 2.45) is 5.92 Å². The van der Waals surface area contributed by atoms with Gasteiger partial charge < -0.3 is 10.0 Å². The Bertz CT molecular complexity index is 95.3. The molecule has 1 saturated heterocycles. The standard InChI is InChI=1S/C8H17NO/c1-9-5-4-8(7-9)3-2-6-10/h8,10H,2-7H2,1H3. The normalized spacial score (nSPS) is 27.6. The van der Waals surface area contributed by atoms with Gasteiger partial charge in [-0.05, 0) is 38.8 Å². The highest BCUT2D eigenvalue weighted by molar-refractivity contribution is 4.72. The molecule has 0 amide bonds. The van der Waals surface area contributed by atoms with Crippen LogP contribution in [-0.4, -0.2) is 36.8 Å². The minimum atomic E-state index is 0.361. The van der Waals surface area contributed by atoms with E-state index in [1.54, 1.807) is 0 Å². The molecule has 1 atom stereocenters. The van der Waals surface area contributed by atoms with Crippen molar-refractivity contribution < 1.29 is 5.11 Å². The fourth-order valence-corrected chi connectivity index (χ4v) is 1.64. The van der Waals surface area contributed by atoms with Crippen LogP contribution >= 0.6 is 0 Å². The Balaban J connectivity index is 2.06. The lowest BCUT2D eigenvalue weighted by atomic mass is 10.0. The summed E-state index contributed by atoms with van der Waals surface area (Å²) in [5.41, 5.74) is 0. The third kappa shape index (κ3) is 2.27. The summed E-state index contributed by atoms with van der Waals surface area (Å²) in [6.07, 6.45) is 3.52. The number of rotatable bonds is 3. The quantitative estimate of drug-likeness (QED) is 0.629. The number of likely N-dealkylation sites (tertiary alicyclic amines) is 1. The molecule has 1 fully saturated rings. The van der Waals surface area contributed by atoms with E-state index in [2.05, 4.69) is 11.9 Å². The second kappa shape index (κ2) is 3.94. The number of hydrogen-bond acceptors (Lipinski definition) is 2. The molecule has 1 rings (SSSR count). The summed E-state index contributed by atoms with van der Waals surface area (Å²) in [5.74, 6) is 0.858. The summed E-state index contributed by atoms with van der Waals surface area (Å²) >= 11 is 0. The van der Waals surface area contributed by atoms with Crippen LogP contribution in [0.25, 0.3) is 0 Å². The molecule has 0 aromatic rings. The minimum Gasteiger partial charge on any atom is -0.396 e. The van der Waals surface area contributed by atoms with Crippen molar-refractivity contribution in [1.82, 2.24) is 4.90 Å². The summed E-state index contributed by atoms with van der Waals surface area (Å²) in [4.78, 5) is 2.36. The van der Waals surface area contributed by atoms with Crippen molar-refractivity contribution in [2.45, 2.75) is 19.3 Å². The van der Waals surface area contributed by atoms with E-state index in [1.165, 1.54) is 25.9 Å². The third-order valence-corrected chi connectivity index (χ3v) is 2.26. The first-order chi connectivity index (χ1) is 4.83. The minimum absolute atomic E-state index is 0.361. The molecule has 1 heterocycles. The SMILES string of the molecule is CN1CCC(CCCO)C1. The van der Waals surface area contributed by atoms with Crippen LogP contribution in [0.3, 0.4) is 0 Å². The van der Waals surface area contributed by atoms with Gasteiger partial charge in [0.1, 0.15) is 0 Å². The topological polar surface area (TPSA) is 23.5 Å². The molecule has 1 N–H and O–H groups in total. The van der Waals surface area contributed by atoms with Crippen LogP contribution in [0, 0.1) is 5.92 Å². The first-order valence-electron chi connectivity index (χ1n) is 4.12. The average Bonchev–Trinajstić information content (AvgIpc) is 2.31. The van der Waals surface area contributed by atoms with Gasteiger partial charge in [-0.3, -0.25) is 0 Å². The van der Waals surface area contributed by atoms with E-state index in [1.807, 2.05) is 0 Å². The van der Waals surface area contributed by atoms with Gasteiger partial charge in [0.15, 0.2) is 0 Å². The summed E-state index contributed by atoms with van der Waals surface area (Å²) < 4.78 is 0. The Labute approximate surface area is 62.8 Å². The molecule has 0 aromatic carbocycles. The van der Waals surface area contributed by atoms with Crippen LogP contribution in [0.4, 0.5) is 0 Å². The zero-order valence-electron chi connectivity index (χ0n) is 6.71. The number of hydrogen-bond donors (Lipinski definition) is 1. The van der Waals surface area contributed by atoms with E-state index in [0.29, 0.717) is 6.61 Å². The predicted molar refractivity (Wildman–Crippen MR) is 41.9 cm³/mol. The van der Waals surface area contributed by atoms with Crippen LogP contribution in [0.5, 0.6) is 0 Å². The van der Waals surface area contributed by atoms with Crippen molar-refractivity contribution in [1.29, 1.82) is 0 Å². The molecule has 60 valence electrons. The van der Waals surface area contributed by atoms with Crippen LogP contribution in [0.2, 0.25) is 0 Å². The summed E-state index contributed by atoms with van der Waals surface area (Å²) in [6, 6.07) is 0. The van der Waals surface area contributed by atoms with Gasteiger partial charge in [0, 0.05) is 13.2 Å². The lowest BCUT2D eigenvalue weighted by molar-refractivity contribution is 0.270. The Morgan fingerprint density at radius 1 is 1.60 bits per heavy atom. The van der Waals surface area contributed by atoms with Crippen molar-refractivity contribution in [3.8, 4) is 0 Å². The summed E-state index contributed by atoms with van der Waals surface area (Å²) in [5, 5.41) is 8.58. The molecule has 2 nitrogen and oxygen atoms in total. The Morgan fingerprint density at radius 2 is 2.40 bits per heavy atom. The van der Waals surface area contributed by atoms with Crippen LogP contribution < -0.4 is 0 Å². The molecule has 10 heavy (non-hydrogen) atoms. The third-order valence-electron chi connectivity index (χ3n) is 2.26. The first kappa shape index (κ1) is 8.02. The van der Waals surface area contributed by atoms with Crippen molar-refractivity contribution in [2.75, 3.05) is 26.7 Å². The first-order valence-corrected chi connectivity index (χ1v) is 4.12. The molecule has 1 aliphatic rings. The summed E-state index contributed by atoms with van der Waals surface area (Å²) in [6.45, 7) is 2.84. The fraction of sp³-hybridized carbons (Fsp3) is 1.00. The molecular weight excluding hydrogens is 126 g/mol. The Kier molecular flexibility index (Phi) is 3.16. The Hall–Kier alpha value is -0.0800. The zero-order chi connectivity index (χ0) is 7.40. The number of nitrogens with zero attached hydrogens (tertiary/aromatic N) is 1. The fourth-order valence-electron chi connectivity index (χ4n) is 1.64. The highest BCUT2D eigenvalue weighted by atomic mass is 16.2. The van der Waals surface area contributed by atoms with E-state index in [4.69, 9.17) is 5.11 Å². The highest BCUT2D eigenvalue weighted by Crippen LogP contribution is 2.18. The van der Waals surface area contributed by atoms with Gasteiger partial charge in [0.2, 0.25) is 0 Å². The second-order valence-electron chi connectivity index (χ2n) is 3.28. The zero-order valence-corrected chi connectivity index (χ0v) is 6.71. The molecule has 0 saturated carbocycles. The van der Waals surface area contributed by atoms with Gasteiger partial charge in [0.25, 0.3) is 0 Å². The molecule has 1 unspecified atom stereocenters. The van der Waals surface area contributed by atoms with E-state index in [9.17, 15) is 0 Å². The molecule has 0 spiro atoms. The van der Waals surface area contributed by atoms with E-state index in [-0.39, 0.29) is 0 Å². The summed E-state index contributed by atoms with van der Waals surface area (Å²) in [7, 11) is 2.17. The van der Waals surface area contributed by atoms with E-state index in [0.717, 1.165) is 12.3 Å². The van der Waals surface area contributed by atoms with Crippen molar-refractivity contribution in [3.63, 3.8) is 0 Å². The van der Waals surface area contributed by atoms with Gasteiger partial charge in [0.05, 0.1) is 0 Å². The second-order valence-corrected chi connectivity index (χ2v) is 3.28. The maximum Gasteiger partial charge on any atom is 0.0431 e.